The zero-order chi connectivity index (χ0) is 13.5. The molecule has 0 saturated carbocycles. The summed E-state index contributed by atoms with van der Waals surface area (Å²) >= 11 is 0. The van der Waals surface area contributed by atoms with Crippen molar-refractivity contribution in [3.63, 3.8) is 0 Å². The van der Waals surface area contributed by atoms with Gasteiger partial charge in [-0.15, -0.1) is 0 Å². The fourth-order valence-electron chi connectivity index (χ4n) is 1.03. The summed E-state index contributed by atoms with van der Waals surface area (Å²) in [4.78, 5) is 35.8. The minimum absolute atomic E-state index is 0.161. The van der Waals surface area contributed by atoms with E-state index < -0.39 is 23.5 Å². The van der Waals surface area contributed by atoms with E-state index in [1.54, 1.807) is 0 Å². The quantitative estimate of drug-likeness (QED) is 0.506. The summed E-state index contributed by atoms with van der Waals surface area (Å²) in [6.07, 6.45) is 0. The fourth-order valence-corrected chi connectivity index (χ4v) is 1.03. The number of amides is 3. The molecule has 0 atom stereocenters. The molecule has 3 amide bonds. The van der Waals surface area contributed by atoms with E-state index in [9.17, 15) is 19.7 Å². The van der Waals surface area contributed by atoms with Crippen molar-refractivity contribution in [1.29, 1.82) is 0 Å². The lowest BCUT2D eigenvalue weighted by Gasteiger charge is -2.06. The lowest BCUT2D eigenvalue weighted by molar-refractivity contribution is -0.384. The van der Waals surface area contributed by atoms with Gasteiger partial charge < -0.3 is 11.1 Å². The molecule has 18 heavy (non-hydrogen) atoms. The van der Waals surface area contributed by atoms with Gasteiger partial charge >= 0.3 is 6.03 Å². The Morgan fingerprint density at radius 3 is 2.78 bits per heavy atom. The molecule has 4 N–H and O–H groups in total. The first kappa shape index (κ1) is 13.4. The molecule has 1 aromatic rings. The van der Waals surface area contributed by atoms with Crippen LogP contribution in [0.15, 0.2) is 24.3 Å². The van der Waals surface area contributed by atoms with Crippen LogP contribution >= 0.6 is 0 Å². The molecular weight excluding hydrogens is 244 g/mol. The summed E-state index contributed by atoms with van der Waals surface area (Å²) < 4.78 is 0. The molecule has 0 saturated heterocycles. The molecule has 0 aromatic heterocycles. The number of carbonyl (C=O) groups is 2. The van der Waals surface area contributed by atoms with Crippen molar-refractivity contribution in [1.82, 2.24) is 5.48 Å². The highest BCUT2D eigenvalue weighted by Gasteiger charge is 2.08. The van der Waals surface area contributed by atoms with Crippen LogP contribution in [-0.2, 0) is 9.63 Å². The van der Waals surface area contributed by atoms with E-state index in [0.29, 0.717) is 0 Å². The van der Waals surface area contributed by atoms with Crippen molar-refractivity contribution in [2.24, 2.45) is 5.73 Å². The first-order valence-electron chi connectivity index (χ1n) is 4.70. The molecule has 0 radical (unpaired) electrons. The molecule has 0 heterocycles. The lowest BCUT2D eigenvalue weighted by atomic mass is 10.3. The van der Waals surface area contributed by atoms with Crippen LogP contribution in [0.3, 0.4) is 0 Å². The van der Waals surface area contributed by atoms with Crippen molar-refractivity contribution in [2.75, 3.05) is 11.9 Å². The van der Waals surface area contributed by atoms with Crippen molar-refractivity contribution in [3.8, 4) is 0 Å². The number of carbonyl (C=O) groups excluding carboxylic acids is 2. The highest BCUT2D eigenvalue weighted by atomic mass is 16.7. The number of primary amides is 1. The molecule has 9 nitrogen and oxygen atoms in total. The van der Waals surface area contributed by atoms with E-state index >= 15 is 0 Å². The molecule has 1 rings (SSSR count). The third kappa shape index (κ3) is 4.45. The van der Waals surface area contributed by atoms with Gasteiger partial charge in [-0.3, -0.25) is 19.7 Å². The number of nitrogens with two attached hydrogens (primary N) is 1. The molecular formula is C9H10N4O5. The Kier molecular flexibility index (Phi) is 4.58. The molecule has 1 aromatic carbocycles. The largest absolute Gasteiger partial charge is 0.368 e. The molecule has 0 aliphatic rings. The second-order valence-electron chi connectivity index (χ2n) is 3.12. The Morgan fingerprint density at radius 2 is 2.17 bits per heavy atom. The molecule has 0 bridgehead atoms. The van der Waals surface area contributed by atoms with Crippen molar-refractivity contribution in [2.45, 2.75) is 0 Å². The second-order valence-corrected chi connectivity index (χ2v) is 3.12. The van der Waals surface area contributed by atoms with E-state index in [-0.39, 0.29) is 11.4 Å². The average molecular weight is 254 g/mol. The average Bonchev–Trinajstić information content (AvgIpc) is 2.28. The minimum Gasteiger partial charge on any atom is -0.368 e. The number of non-ortho nitro benzene ring substituents is 1. The Morgan fingerprint density at radius 1 is 1.44 bits per heavy atom. The summed E-state index contributed by atoms with van der Waals surface area (Å²) in [6.45, 7) is -0.470. The highest BCUT2D eigenvalue weighted by molar-refractivity contribution is 5.89. The Bertz CT molecular complexity index is 476. The number of nitrogens with zero attached hydrogens (tertiary/aromatic N) is 1. The van der Waals surface area contributed by atoms with Crippen LogP contribution < -0.4 is 16.5 Å². The fraction of sp³-hybridized carbons (Fsp3) is 0.111. The molecule has 9 heteroatoms. The second kappa shape index (κ2) is 6.15. The highest BCUT2D eigenvalue weighted by Crippen LogP contribution is 2.16. The van der Waals surface area contributed by atoms with Crippen molar-refractivity contribution >= 4 is 23.3 Å². The SMILES string of the molecule is NC(=O)CONC(=O)Nc1cccc([N+](=O)[O-])c1. The molecule has 0 spiro atoms. The number of nitro groups is 1. The maximum absolute atomic E-state index is 11.2. The molecule has 0 aliphatic carbocycles. The van der Waals surface area contributed by atoms with E-state index in [0.717, 1.165) is 0 Å². The van der Waals surface area contributed by atoms with Crippen molar-refractivity contribution in [3.05, 3.63) is 34.4 Å². The standard InChI is InChI=1S/C9H10N4O5/c10-8(14)5-18-12-9(15)11-6-2-1-3-7(4-6)13(16)17/h1-4H,5H2,(H2,10,14)(H2,11,12,15). The molecule has 0 aliphatic heterocycles. The van der Waals surface area contributed by atoms with Crippen molar-refractivity contribution < 1.29 is 19.3 Å². The third-order valence-electron chi connectivity index (χ3n) is 1.69. The van der Waals surface area contributed by atoms with E-state index in [1.165, 1.54) is 24.3 Å². The topological polar surface area (TPSA) is 137 Å². The molecule has 96 valence electrons. The first-order chi connectivity index (χ1) is 8.49. The summed E-state index contributed by atoms with van der Waals surface area (Å²) in [6, 6.07) is 4.55. The molecule has 0 fully saturated rings. The van der Waals surface area contributed by atoms with Gasteiger partial charge in [0.25, 0.3) is 5.69 Å². The predicted molar refractivity (Wildman–Crippen MR) is 60.4 cm³/mol. The van der Waals surface area contributed by atoms with Crippen LogP contribution in [0.2, 0.25) is 0 Å². The van der Waals surface area contributed by atoms with Crippen LogP contribution in [0.25, 0.3) is 0 Å². The number of anilines is 1. The number of nitro benzene ring substituents is 1. The van der Waals surface area contributed by atoms with Gasteiger partial charge in [0.2, 0.25) is 5.91 Å². The van der Waals surface area contributed by atoms with Crippen LogP contribution in [0.1, 0.15) is 0 Å². The number of hydrogen-bond donors (Lipinski definition) is 3. The maximum Gasteiger partial charge on any atom is 0.343 e. The minimum atomic E-state index is -0.781. The smallest absolute Gasteiger partial charge is 0.343 e. The van der Waals surface area contributed by atoms with Gasteiger partial charge in [-0.2, -0.15) is 0 Å². The number of hydrogen-bond acceptors (Lipinski definition) is 5. The number of rotatable bonds is 5. The van der Waals surface area contributed by atoms with Gasteiger partial charge in [0.15, 0.2) is 6.61 Å². The van der Waals surface area contributed by atoms with Gasteiger partial charge in [-0.1, -0.05) is 6.07 Å². The van der Waals surface area contributed by atoms with Gasteiger partial charge in [0, 0.05) is 17.8 Å². The first-order valence-corrected chi connectivity index (χ1v) is 4.70. The summed E-state index contributed by atoms with van der Waals surface area (Å²) in [5.74, 6) is -0.745. The Hall–Kier alpha value is -2.68. The van der Waals surface area contributed by atoms with Crippen LogP contribution in [0.5, 0.6) is 0 Å². The van der Waals surface area contributed by atoms with E-state index in [1.807, 2.05) is 5.48 Å². The summed E-state index contributed by atoms with van der Waals surface area (Å²) in [5.41, 5.74) is 6.72. The lowest BCUT2D eigenvalue weighted by Crippen LogP contribution is -2.32. The predicted octanol–water partition coefficient (Wildman–Crippen LogP) is 0.133. The van der Waals surface area contributed by atoms with Crippen LogP contribution in [-0.4, -0.2) is 23.5 Å². The number of hydroxylamine groups is 1. The van der Waals surface area contributed by atoms with Gasteiger partial charge in [0.1, 0.15) is 0 Å². The van der Waals surface area contributed by atoms with E-state index in [2.05, 4.69) is 10.2 Å². The number of benzene rings is 1. The van der Waals surface area contributed by atoms with Gasteiger partial charge in [0.05, 0.1) is 4.92 Å². The van der Waals surface area contributed by atoms with Crippen LogP contribution in [0, 0.1) is 10.1 Å². The maximum atomic E-state index is 11.2. The molecule has 0 unspecified atom stereocenters. The summed E-state index contributed by atoms with van der Waals surface area (Å²) in [5, 5.41) is 12.8. The zero-order valence-electron chi connectivity index (χ0n) is 9.08. The Labute approximate surface area is 101 Å². The summed E-state index contributed by atoms with van der Waals surface area (Å²) in [7, 11) is 0. The third-order valence-corrected chi connectivity index (χ3v) is 1.69. The van der Waals surface area contributed by atoms with Crippen LogP contribution in [0.4, 0.5) is 16.2 Å². The monoisotopic (exact) mass is 254 g/mol. The van der Waals surface area contributed by atoms with Gasteiger partial charge in [-0.25, -0.2) is 10.3 Å². The zero-order valence-corrected chi connectivity index (χ0v) is 9.08. The van der Waals surface area contributed by atoms with E-state index in [4.69, 9.17) is 5.73 Å². The Balaban J connectivity index is 2.51. The number of urea groups is 1. The van der Waals surface area contributed by atoms with Gasteiger partial charge in [-0.05, 0) is 6.07 Å². The number of nitrogens with one attached hydrogen (secondary N) is 2. The normalized spacial score (nSPS) is 9.56.